The molecule has 3 aromatic carbocycles. The normalized spacial score (nSPS) is 12.6. The first-order valence-corrected chi connectivity index (χ1v) is 11.8. The number of aromatic nitrogens is 3. The van der Waals surface area contributed by atoms with Gasteiger partial charge in [0.2, 0.25) is 5.91 Å². The van der Waals surface area contributed by atoms with E-state index < -0.39 is 5.41 Å². The minimum Gasteiger partial charge on any atom is -0.301 e. The van der Waals surface area contributed by atoms with Crippen molar-refractivity contribution in [3.05, 3.63) is 108 Å². The molecule has 5 aromatic rings. The predicted octanol–water partition coefficient (Wildman–Crippen LogP) is 6.42. The van der Waals surface area contributed by atoms with Crippen molar-refractivity contribution in [2.75, 3.05) is 5.32 Å². The summed E-state index contributed by atoms with van der Waals surface area (Å²) in [6, 6.07) is 22.4. The van der Waals surface area contributed by atoms with Gasteiger partial charge in [0.25, 0.3) is 0 Å². The Hall–Kier alpha value is -3.84. The van der Waals surface area contributed by atoms with Gasteiger partial charge in [-0.05, 0) is 47.5 Å². The largest absolute Gasteiger partial charge is 0.301 e. The second-order valence-corrected chi connectivity index (χ2v) is 9.60. The highest BCUT2D eigenvalue weighted by atomic mass is 32.1. The lowest BCUT2D eigenvalue weighted by atomic mass is 9.70. The Kier molecular flexibility index (Phi) is 5.71. The molecule has 1 atom stereocenters. The van der Waals surface area contributed by atoms with E-state index in [9.17, 15) is 9.18 Å². The molecule has 5 nitrogen and oxygen atoms in total. The first-order valence-electron chi connectivity index (χ1n) is 10.9. The van der Waals surface area contributed by atoms with Crippen molar-refractivity contribution in [1.29, 1.82) is 0 Å². The van der Waals surface area contributed by atoms with E-state index >= 15 is 0 Å². The maximum Gasteiger partial charge on any atom is 0.232 e. The number of thiazole rings is 1. The average Bonchev–Trinajstić information content (AvgIpc) is 3.50. The lowest BCUT2D eigenvalue weighted by molar-refractivity contribution is -0.124. The van der Waals surface area contributed by atoms with E-state index in [0.717, 1.165) is 27.7 Å². The molecule has 0 aliphatic heterocycles. The Morgan fingerprint density at radius 3 is 2.50 bits per heavy atom. The summed E-state index contributed by atoms with van der Waals surface area (Å²) in [5.74, 6) is -0.586. The van der Waals surface area contributed by atoms with E-state index in [1.54, 1.807) is 29.2 Å². The zero-order valence-corrected chi connectivity index (χ0v) is 19.6. The fourth-order valence-corrected chi connectivity index (χ4v) is 4.89. The summed E-state index contributed by atoms with van der Waals surface area (Å²) in [6.45, 7) is 3.92. The Morgan fingerprint density at radius 2 is 1.79 bits per heavy atom. The van der Waals surface area contributed by atoms with Gasteiger partial charge in [0, 0.05) is 22.9 Å². The molecule has 0 saturated heterocycles. The standard InChI is InChI=1S/C27H23FN4OS/c1-27(2,25(33)31-26-29-14-15-34-26)24(18-6-4-3-5-7-18)19-8-13-23-20(16-19)17-30-32(23)22-11-9-21(28)10-12-22/h3-17,24H,1-2H3,(H,29,31,33). The van der Waals surface area contributed by atoms with Crippen molar-refractivity contribution in [2.24, 2.45) is 5.41 Å². The molecule has 0 spiro atoms. The van der Waals surface area contributed by atoms with Gasteiger partial charge in [-0.1, -0.05) is 50.2 Å². The van der Waals surface area contributed by atoms with Crippen LogP contribution < -0.4 is 5.32 Å². The monoisotopic (exact) mass is 470 g/mol. The van der Waals surface area contributed by atoms with Gasteiger partial charge in [-0.2, -0.15) is 5.10 Å². The number of rotatable bonds is 6. The van der Waals surface area contributed by atoms with Gasteiger partial charge in [0.1, 0.15) is 5.82 Å². The molecule has 5 rings (SSSR count). The number of carbonyl (C=O) groups is 1. The molecule has 1 N–H and O–H groups in total. The number of hydrogen-bond donors (Lipinski definition) is 1. The van der Waals surface area contributed by atoms with Crippen LogP contribution in [0, 0.1) is 11.2 Å². The Bertz CT molecular complexity index is 1430. The molecule has 2 aromatic heterocycles. The first-order chi connectivity index (χ1) is 16.4. The highest BCUT2D eigenvalue weighted by molar-refractivity contribution is 7.13. The summed E-state index contributed by atoms with van der Waals surface area (Å²) in [5, 5.41) is 10.9. The molecule has 0 bridgehead atoms. The van der Waals surface area contributed by atoms with Crippen LogP contribution in [-0.4, -0.2) is 20.7 Å². The summed E-state index contributed by atoms with van der Waals surface area (Å²) in [6.07, 6.45) is 3.47. The fourth-order valence-electron chi connectivity index (χ4n) is 4.36. The van der Waals surface area contributed by atoms with Crippen LogP contribution in [0.4, 0.5) is 9.52 Å². The molecule has 0 aliphatic rings. The smallest absolute Gasteiger partial charge is 0.232 e. The van der Waals surface area contributed by atoms with Crippen LogP contribution in [0.5, 0.6) is 0 Å². The third kappa shape index (κ3) is 4.10. The molecular weight excluding hydrogens is 447 g/mol. The predicted molar refractivity (Wildman–Crippen MR) is 134 cm³/mol. The molecule has 34 heavy (non-hydrogen) atoms. The quantitative estimate of drug-likeness (QED) is 0.312. The molecule has 1 amide bonds. The van der Waals surface area contributed by atoms with Gasteiger partial charge in [-0.3, -0.25) is 4.79 Å². The second kappa shape index (κ2) is 8.83. The van der Waals surface area contributed by atoms with E-state index in [0.29, 0.717) is 5.13 Å². The number of benzene rings is 3. The maximum absolute atomic E-state index is 13.4. The van der Waals surface area contributed by atoms with Crippen molar-refractivity contribution in [3.8, 4) is 5.69 Å². The van der Waals surface area contributed by atoms with Crippen molar-refractivity contribution < 1.29 is 9.18 Å². The van der Waals surface area contributed by atoms with Crippen LogP contribution in [0.25, 0.3) is 16.6 Å². The Morgan fingerprint density at radius 1 is 1.03 bits per heavy atom. The van der Waals surface area contributed by atoms with Gasteiger partial charge in [-0.25, -0.2) is 14.1 Å². The van der Waals surface area contributed by atoms with Crippen molar-refractivity contribution in [1.82, 2.24) is 14.8 Å². The molecular formula is C27H23FN4OS. The van der Waals surface area contributed by atoms with Crippen LogP contribution in [0.2, 0.25) is 0 Å². The third-order valence-corrected chi connectivity index (χ3v) is 6.78. The van der Waals surface area contributed by atoms with Crippen LogP contribution >= 0.6 is 11.3 Å². The number of amides is 1. The number of nitrogens with one attached hydrogen (secondary N) is 1. The highest BCUT2D eigenvalue weighted by Crippen LogP contribution is 2.42. The lowest BCUT2D eigenvalue weighted by Gasteiger charge is -2.34. The zero-order valence-electron chi connectivity index (χ0n) is 18.8. The van der Waals surface area contributed by atoms with Crippen molar-refractivity contribution in [2.45, 2.75) is 19.8 Å². The summed E-state index contributed by atoms with van der Waals surface area (Å²) in [5.41, 5.74) is 2.98. The number of halogens is 1. The number of fused-ring (bicyclic) bond motifs is 1. The molecule has 0 aliphatic carbocycles. The van der Waals surface area contributed by atoms with Crippen LogP contribution in [0.3, 0.4) is 0 Å². The van der Waals surface area contributed by atoms with Gasteiger partial charge in [0.05, 0.1) is 22.8 Å². The molecule has 0 fully saturated rings. The van der Waals surface area contributed by atoms with Crippen LogP contribution in [-0.2, 0) is 4.79 Å². The van der Waals surface area contributed by atoms with Gasteiger partial charge < -0.3 is 5.32 Å². The maximum atomic E-state index is 13.4. The topological polar surface area (TPSA) is 59.8 Å². The number of nitrogens with zero attached hydrogens (tertiary/aromatic N) is 3. The van der Waals surface area contributed by atoms with Crippen LogP contribution in [0.1, 0.15) is 30.9 Å². The molecule has 7 heteroatoms. The SMILES string of the molecule is CC(C)(C(=O)Nc1nccs1)C(c1ccccc1)c1ccc2c(cnn2-c2ccc(F)cc2)c1. The number of carbonyl (C=O) groups excluding carboxylic acids is 1. The Labute approximate surface area is 200 Å². The van der Waals surface area contributed by atoms with Crippen LogP contribution in [0.15, 0.2) is 90.6 Å². The van der Waals surface area contributed by atoms with Gasteiger partial charge >= 0.3 is 0 Å². The average molecular weight is 471 g/mol. The lowest BCUT2D eigenvalue weighted by Crippen LogP contribution is -2.37. The molecule has 170 valence electrons. The zero-order chi connectivity index (χ0) is 23.7. The fraction of sp³-hybridized carbons (Fsp3) is 0.148. The third-order valence-electron chi connectivity index (χ3n) is 6.09. The van der Waals surface area contributed by atoms with E-state index in [1.165, 1.54) is 23.5 Å². The van der Waals surface area contributed by atoms with E-state index in [-0.39, 0.29) is 17.6 Å². The highest BCUT2D eigenvalue weighted by Gasteiger charge is 2.39. The summed E-state index contributed by atoms with van der Waals surface area (Å²) in [7, 11) is 0. The molecule has 0 radical (unpaired) electrons. The van der Waals surface area contributed by atoms with Gasteiger partial charge in [-0.15, -0.1) is 11.3 Å². The summed E-state index contributed by atoms with van der Waals surface area (Å²) in [4.78, 5) is 17.6. The minimum absolute atomic E-state index is 0.0987. The molecule has 2 heterocycles. The van der Waals surface area contributed by atoms with Crippen molar-refractivity contribution in [3.63, 3.8) is 0 Å². The molecule has 1 unspecified atom stereocenters. The Balaban J connectivity index is 1.57. The summed E-state index contributed by atoms with van der Waals surface area (Å²) >= 11 is 1.40. The van der Waals surface area contributed by atoms with E-state index in [2.05, 4.69) is 33.6 Å². The van der Waals surface area contributed by atoms with Crippen molar-refractivity contribution >= 4 is 33.3 Å². The summed E-state index contributed by atoms with van der Waals surface area (Å²) < 4.78 is 15.2. The second-order valence-electron chi connectivity index (χ2n) is 8.71. The number of anilines is 1. The molecule has 0 saturated carbocycles. The first kappa shape index (κ1) is 22.0. The van der Waals surface area contributed by atoms with Gasteiger partial charge in [0.15, 0.2) is 5.13 Å². The van der Waals surface area contributed by atoms with E-state index in [1.807, 2.05) is 49.6 Å². The number of hydrogen-bond acceptors (Lipinski definition) is 4. The van der Waals surface area contributed by atoms with E-state index in [4.69, 9.17) is 0 Å². The minimum atomic E-state index is -0.770.